The lowest BCUT2D eigenvalue weighted by Crippen LogP contribution is -2.71. The maximum Gasteiger partial charge on any atom is 0.302 e. The van der Waals surface area contributed by atoms with Crippen LogP contribution < -0.4 is 0 Å². The lowest BCUT2D eigenvalue weighted by atomic mass is 9.34. The lowest BCUT2D eigenvalue weighted by Gasteiger charge is -2.72. The van der Waals surface area contributed by atoms with Gasteiger partial charge in [-0.05, 0) is 99.7 Å². The first-order valence-corrected chi connectivity index (χ1v) is 20.1. The van der Waals surface area contributed by atoms with Crippen molar-refractivity contribution >= 4 is 11.9 Å². The van der Waals surface area contributed by atoms with Crippen LogP contribution in [0.1, 0.15) is 121 Å². The standard InChI is InChI=1S/C41H68O12/c1-21-18-24(34(47)37(6,7)48-11)53-41(21)17-16-39(9)27(41)13-12-26-38(8)15-14-29(50-23(3)43)36(4,5)28(38)19-30(40(26,39)10)52-35-33(46)32(45)31(44)25(51-35)20-49-22(2)42/h21,24-35,44-47H,12-20H2,1-11H3/t21-,24+,25?,26+,27-,28-,29+,30+,31?,32?,33?,34-,35?,38+,39+,40-,41+/m0/s1. The molecule has 6 aliphatic rings. The topological polar surface area (TPSA) is 170 Å². The third kappa shape index (κ3) is 6.23. The number of fused-ring (bicyclic) bond motifs is 6. The number of carbonyl (C=O) groups is 2. The molecule has 0 aromatic rings. The van der Waals surface area contributed by atoms with Crippen LogP contribution in [0.2, 0.25) is 0 Å². The Morgan fingerprint density at radius 2 is 1.51 bits per heavy atom. The summed E-state index contributed by atoms with van der Waals surface area (Å²) >= 11 is 0. The smallest absolute Gasteiger partial charge is 0.302 e. The zero-order valence-corrected chi connectivity index (χ0v) is 33.9. The number of ether oxygens (including phenoxy) is 6. The van der Waals surface area contributed by atoms with Crippen molar-refractivity contribution in [2.24, 2.45) is 45.3 Å². The average molecular weight is 753 g/mol. The molecule has 2 saturated heterocycles. The molecule has 0 radical (unpaired) electrons. The lowest BCUT2D eigenvalue weighted by molar-refractivity contribution is -0.351. The molecular formula is C41H68O12. The van der Waals surface area contributed by atoms with E-state index in [0.29, 0.717) is 6.42 Å². The van der Waals surface area contributed by atoms with Crippen LogP contribution in [0.3, 0.4) is 0 Å². The second kappa shape index (κ2) is 13.9. The van der Waals surface area contributed by atoms with Crippen molar-refractivity contribution in [3.63, 3.8) is 0 Å². The largest absolute Gasteiger partial charge is 0.463 e. The monoisotopic (exact) mass is 752 g/mol. The molecule has 0 aromatic carbocycles. The molecule has 0 bridgehead atoms. The molecule has 12 nitrogen and oxygen atoms in total. The van der Waals surface area contributed by atoms with E-state index in [9.17, 15) is 30.0 Å². The van der Waals surface area contributed by atoms with Crippen LogP contribution in [-0.4, -0.2) is 112 Å². The summed E-state index contributed by atoms with van der Waals surface area (Å²) in [7, 11) is 1.62. The van der Waals surface area contributed by atoms with Crippen molar-refractivity contribution in [1.82, 2.24) is 0 Å². The Morgan fingerprint density at radius 1 is 0.849 bits per heavy atom. The van der Waals surface area contributed by atoms with E-state index in [1.165, 1.54) is 13.8 Å². The van der Waals surface area contributed by atoms with Gasteiger partial charge in [0.2, 0.25) is 0 Å². The van der Waals surface area contributed by atoms with E-state index in [1.54, 1.807) is 7.11 Å². The number of aliphatic hydroxyl groups is 4. The fourth-order valence-corrected chi connectivity index (χ4v) is 13.3. The van der Waals surface area contributed by atoms with Gasteiger partial charge < -0.3 is 48.8 Å². The molecule has 1 spiro atoms. The Bertz CT molecular complexity index is 1390. The van der Waals surface area contributed by atoms with Crippen LogP contribution in [0.25, 0.3) is 0 Å². The van der Waals surface area contributed by atoms with Crippen molar-refractivity contribution in [1.29, 1.82) is 0 Å². The molecule has 12 heteroatoms. The van der Waals surface area contributed by atoms with Gasteiger partial charge in [-0.3, -0.25) is 9.59 Å². The summed E-state index contributed by atoms with van der Waals surface area (Å²) in [6.45, 7) is 20.1. The second-order valence-electron chi connectivity index (χ2n) is 19.6. The molecular weight excluding hydrogens is 684 g/mol. The van der Waals surface area contributed by atoms with E-state index in [0.717, 1.165) is 44.9 Å². The fraction of sp³-hybridized carbons (Fsp3) is 0.951. The maximum absolute atomic E-state index is 12.3. The van der Waals surface area contributed by atoms with Gasteiger partial charge in [-0.1, -0.05) is 41.5 Å². The quantitative estimate of drug-likeness (QED) is 0.205. The van der Waals surface area contributed by atoms with E-state index < -0.39 is 70.9 Å². The van der Waals surface area contributed by atoms with Gasteiger partial charge in [-0.25, -0.2) is 0 Å². The first kappa shape index (κ1) is 41.3. The predicted molar refractivity (Wildman–Crippen MR) is 193 cm³/mol. The van der Waals surface area contributed by atoms with Crippen LogP contribution in [-0.2, 0) is 38.0 Å². The molecule has 4 aliphatic carbocycles. The van der Waals surface area contributed by atoms with Crippen molar-refractivity contribution in [3.8, 4) is 0 Å². The van der Waals surface area contributed by atoms with Crippen molar-refractivity contribution < 1.29 is 58.4 Å². The Morgan fingerprint density at radius 3 is 2.13 bits per heavy atom. The summed E-state index contributed by atoms with van der Waals surface area (Å²) in [5.74, 6) is -0.218. The highest BCUT2D eigenvalue weighted by molar-refractivity contribution is 5.66. The van der Waals surface area contributed by atoms with Gasteiger partial charge in [-0.15, -0.1) is 0 Å². The highest BCUT2D eigenvalue weighted by atomic mass is 16.7. The predicted octanol–water partition coefficient (Wildman–Crippen LogP) is 4.30. The van der Waals surface area contributed by atoms with Gasteiger partial charge >= 0.3 is 11.9 Å². The Balaban J connectivity index is 1.40. The van der Waals surface area contributed by atoms with Gasteiger partial charge in [0.1, 0.15) is 43.2 Å². The number of hydrogen-bond donors (Lipinski definition) is 4. The zero-order valence-electron chi connectivity index (χ0n) is 33.9. The molecule has 17 atom stereocenters. The molecule has 2 aliphatic heterocycles. The fourth-order valence-electron chi connectivity index (χ4n) is 13.3. The minimum absolute atomic E-state index is 0.0808. The summed E-state index contributed by atoms with van der Waals surface area (Å²) in [5, 5.41) is 44.7. The molecule has 0 amide bonds. The van der Waals surface area contributed by atoms with Crippen molar-refractivity contribution in [2.75, 3.05) is 13.7 Å². The number of aliphatic hydroxyl groups excluding tert-OH is 4. The Kier molecular flexibility index (Phi) is 10.8. The van der Waals surface area contributed by atoms with Crippen LogP contribution in [0, 0.1) is 45.3 Å². The molecule has 2 heterocycles. The molecule has 5 unspecified atom stereocenters. The number of rotatable bonds is 8. The van der Waals surface area contributed by atoms with Gasteiger partial charge in [0.05, 0.1) is 23.4 Å². The first-order chi connectivity index (χ1) is 24.5. The average Bonchev–Trinajstić information content (AvgIpc) is 3.58. The van der Waals surface area contributed by atoms with E-state index in [-0.39, 0.29) is 59.3 Å². The molecule has 53 heavy (non-hydrogen) atoms. The van der Waals surface area contributed by atoms with Crippen molar-refractivity contribution in [3.05, 3.63) is 0 Å². The number of methoxy groups -OCH3 is 1. The van der Waals surface area contributed by atoms with Gasteiger partial charge in [0.15, 0.2) is 6.29 Å². The maximum atomic E-state index is 12.3. The zero-order chi connectivity index (χ0) is 39.3. The molecule has 0 aromatic heterocycles. The Labute approximate surface area is 315 Å². The van der Waals surface area contributed by atoms with E-state index in [2.05, 4.69) is 41.5 Å². The summed E-state index contributed by atoms with van der Waals surface area (Å²) < 4.78 is 37.2. The first-order valence-electron chi connectivity index (χ1n) is 20.1. The van der Waals surface area contributed by atoms with E-state index >= 15 is 0 Å². The second-order valence-corrected chi connectivity index (χ2v) is 19.6. The normalized spacial score (nSPS) is 49.8. The number of hydrogen-bond acceptors (Lipinski definition) is 12. The summed E-state index contributed by atoms with van der Waals surface area (Å²) in [5.41, 5.74) is -2.47. The minimum atomic E-state index is -1.58. The number of esters is 2. The van der Waals surface area contributed by atoms with Crippen molar-refractivity contribution in [2.45, 2.75) is 187 Å². The molecule has 6 fully saturated rings. The Hall–Kier alpha value is -1.38. The van der Waals surface area contributed by atoms with Crippen LogP contribution in [0.4, 0.5) is 0 Å². The van der Waals surface area contributed by atoms with E-state index in [4.69, 9.17) is 28.4 Å². The van der Waals surface area contributed by atoms with Crippen LogP contribution >= 0.6 is 0 Å². The third-order valence-corrected chi connectivity index (χ3v) is 16.6. The van der Waals surface area contributed by atoms with Gasteiger partial charge in [0, 0.05) is 31.8 Å². The molecule has 304 valence electrons. The molecule has 4 saturated carbocycles. The summed E-state index contributed by atoms with van der Waals surface area (Å²) in [6.07, 6.45) is -2.29. The molecule has 6 rings (SSSR count). The highest BCUT2D eigenvalue weighted by Gasteiger charge is 2.76. The third-order valence-electron chi connectivity index (χ3n) is 16.6. The van der Waals surface area contributed by atoms with Gasteiger partial charge in [0.25, 0.3) is 0 Å². The summed E-state index contributed by atoms with van der Waals surface area (Å²) in [4.78, 5) is 24.0. The SMILES string of the molecule is COC(C)(C)[C@@H](O)[C@H]1C[C@H](C)[C@@]2(CC[C@]3(C)[C@@H]2CC[C@@H]2[C@@]4(C)CC[C@@H](OC(C)=O)C(C)(C)[C@@H]4C[C@@H](OC4OC(COC(C)=O)C(O)C(O)C4O)[C@]23C)O1. The van der Waals surface area contributed by atoms with E-state index in [1.807, 2.05) is 13.8 Å². The summed E-state index contributed by atoms with van der Waals surface area (Å²) in [6, 6.07) is 0. The number of carbonyl (C=O) groups excluding carboxylic acids is 2. The van der Waals surface area contributed by atoms with Gasteiger partial charge in [-0.2, -0.15) is 0 Å². The minimum Gasteiger partial charge on any atom is -0.463 e. The molecule has 4 N–H and O–H groups in total. The highest BCUT2D eigenvalue weighted by Crippen LogP contribution is 2.77. The van der Waals surface area contributed by atoms with Crippen LogP contribution in [0.15, 0.2) is 0 Å². The van der Waals surface area contributed by atoms with Crippen LogP contribution in [0.5, 0.6) is 0 Å².